The zero-order chi connectivity index (χ0) is 31.6. The van der Waals surface area contributed by atoms with Gasteiger partial charge >= 0.3 is 5.97 Å². The van der Waals surface area contributed by atoms with Crippen molar-refractivity contribution in [1.29, 1.82) is 0 Å². The lowest BCUT2D eigenvalue weighted by Gasteiger charge is -2.47. The Kier molecular flexibility index (Phi) is 12.6. The van der Waals surface area contributed by atoms with Crippen molar-refractivity contribution in [1.82, 2.24) is 10.6 Å². The predicted molar refractivity (Wildman–Crippen MR) is 158 cm³/mol. The van der Waals surface area contributed by atoms with Crippen molar-refractivity contribution < 1.29 is 44.2 Å². The quantitative estimate of drug-likeness (QED) is 0.0852. The van der Waals surface area contributed by atoms with Crippen LogP contribution >= 0.6 is 0 Å². The largest absolute Gasteiger partial charge is 0.465 e. The van der Waals surface area contributed by atoms with Crippen LogP contribution in [0.1, 0.15) is 45.1 Å². The fourth-order valence-corrected chi connectivity index (χ4v) is 5.12. The van der Waals surface area contributed by atoms with E-state index in [1.165, 1.54) is 13.8 Å². The molecule has 1 aliphatic heterocycles. The van der Waals surface area contributed by atoms with Gasteiger partial charge in [0, 0.05) is 19.9 Å². The van der Waals surface area contributed by atoms with E-state index in [1.54, 1.807) is 12.1 Å². The van der Waals surface area contributed by atoms with E-state index in [0.29, 0.717) is 18.5 Å². The van der Waals surface area contributed by atoms with E-state index in [4.69, 9.17) is 19.9 Å². The first kappa shape index (κ1) is 34.5. The number of carbonyl (C=O) groups is 2. The van der Waals surface area contributed by atoms with Gasteiger partial charge in [-0.2, -0.15) is 0 Å². The lowest BCUT2D eigenvalue weighted by atomic mass is 9.88. The molecule has 1 heterocycles. The number of unbranched alkanes of at least 4 members (excludes halogenated alkanes) is 2. The number of nitrogens with two attached hydrogens (primary N) is 1. The van der Waals surface area contributed by atoms with Gasteiger partial charge in [0.15, 0.2) is 0 Å². The van der Waals surface area contributed by atoms with Crippen molar-refractivity contribution in [3.05, 3.63) is 60.2 Å². The molecule has 12 nitrogen and oxygen atoms in total. The number of amides is 1. The summed E-state index contributed by atoms with van der Waals surface area (Å²) in [5.74, 6) is -3.54. The first-order valence-electron chi connectivity index (χ1n) is 14.5. The molecule has 43 heavy (non-hydrogen) atoms. The van der Waals surface area contributed by atoms with Gasteiger partial charge in [-0.05, 0) is 49.4 Å². The molecule has 0 radical (unpaired) electrons. The standard InChI is InChI=1S/C31H45N3O9/c1-20(35)34-26-24(36)18-31(29(39)41-3,42-17-9-5-8-16-32)43-28(26)27(38)25(37)19-33-30(2,40)23-14-12-22(13-15-23)21-10-6-4-7-11-21/h4,6-7,10-15,24-28,33,36-38,40H,5,8-9,16-19,32H2,1-3H3,(H,34,35). The number of ether oxygens (including phenoxy) is 3. The van der Waals surface area contributed by atoms with Crippen molar-refractivity contribution in [2.75, 3.05) is 26.8 Å². The van der Waals surface area contributed by atoms with Crippen LogP contribution in [0.2, 0.25) is 0 Å². The number of aliphatic hydroxyl groups is 4. The van der Waals surface area contributed by atoms with Crippen molar-refractivity contribution in [3.63, 3.8) is 0 Å². The van der Waals surface area contributed by atoms with Crippen LogP contribution < -0.4 is 16.4 Å². The van der Waals surface area contributed by atoms with E-state index in [0.717, 1.165) is 31.1 Å². The van der Waals surface area contributed by atoms with Crippen LogP contribution in [0.3, 0.4) is 0 Å². The van der Waals surface area contributed by atoms with Gasteiger partial charge in [0.2, 0.25) is 5.91 Å². The summed E-state index contributed by atoms with van der Waals surface area (Å²) < 4.78 is 16.7. The highest BCUT2D eigenvalue weighted by molar-refractivity contribution is 5.78. The van der Waals surface area contributed by atoms with Gasteiger partial charge in [-0.15, -0.1) is 0 Å². The van der Waals surface area contributed by atoms with E-state index in [2.05, 4.69) is 10.6 Å². The van der Waals surface area contributed by atoms with Crippen LogP contribution in [0.25, 0.3) is 11.1 Å². The molecule has 2 aromatic carbocycles. The average Bonchev–Trinajstić information content (AvgIpc) is 3.00. The van der Waals surface area contributed by atoms with Gasteiger partial charge in [0.25, 0.3) is 5.79 Å². The second-order valence-electron chi connectivity index (χ2n) is 11.0. The lowest BCUT2D eigenvalue weighted by Crippen LogP contribution is -2.68. The highest BCUT2D eigenvalue weighted by atomic mass is 16.7. The van der Waals surface area contributed by atoms with Crippen LogP contribution in [0, 0.1) is 0 Å². The summed E-state index contributed by atoms with van der Waals surface area (Å²) >= 11 is 0. The number of rotatable bonds is 15. The first-order valence-corrected chi connectivity index (χ1v) is 14.5. The third-order valence-electron chi connectivity index (χ3n) is 7.56. The van der Waals surface area contributed by atoms with E-state index in [1.807, 2.05) is 42.5 Å². The zero-order valence-electron chi connectivity index (χ0n) is 24.9. The number of aliphatic hydroxyl groups excluding tert-OH is 3. The molecule has 1 amide bonds. The van der Waals surface area contributed by atoms with E-state index < -0.39 is 53.8 Å². The lowest BCUT2D eigenvalue weighted by molar-refractivity contribution is -0.312. The topological polar surface area (TPSA) is 193 Å². The van der Waals surface area contributed by atoms with E-state index in [-0.39, 0.29) is 19.6 Å². The van der Waals surface area contributed by atoms with Crippen LogP contribution in [0.5, 0.6) is 0 Å². The average molecular weight is 604 g/mol. The Labute approximate surface area is 252 Å². The van der Waals surface area contributed by atoms with Gasteiger partial charge in [0.1, 0.15) is 17.9 Å². The minimum absolute atomic E-state index is 0.0749. The number of methoxy groups -OCH3 is 1. The second kappa shape index (κ2) is 15.7. The summed E-state index contributed by atoms with van der Waals surface area (Å²) in [6, 6.07) is 15.8. The Bertz CT molecular complexity index is 1160. The van der Waals surface area contributed by atoms with Crippen LogP contribution in [0.15, 0.2) is 54.6 Å². The molecule has 238 valence electrons. The molecule has 0 bridgehead atoms. The number of hydrogen-bond donors (Lipinski definition) is 7. The van der Waals surface area contributed by atoms with Gasteiger partial charge in [-0.1, -0.05) is 54.6 Å². The monoisotopic (exact) mass is 603 g/mol. The Morgan fingerprint density at radius 1 is 1.09 bits per heavy atom. The van der Waals surface area contributed by atoms with E-state index in [9.17, 15) is 30.0 Å². The van der Waals surface area contributed by atoms with Crippen molar-refractivity contribution in [2.45, 2.75) is 81.5 Å². The van der Waals surface area contributed by atoms with Crippen LogP contribution in [-0.4, -0.2) is 95.4 Å². The highest BCUT2D eigenvalue weighted by Crippen LogP contribution is 2.34. The molecule has 12 heteroatoms. The Balaban J connectivity index is 1.75. The third-order valence-corrected chi connectivity index (χ3v) is 7.56. The molecule has 0 spiro atoms. The second-order valence-corrected chi connectivity index (χ2v) is 11.0. The number of hydrogen-bond acceptors (Lipinski definition) is 11. The zero-order valence-corrected chi connectivity index (χ0v) is 24.9. The van der Waals surface area contributed by atoms with Crippen LogP contribution in [-0.2, 0) is 29.5 Å². The molecule has 1 fully saturated rings. The number of esters is 1. The first-order chi connectivity index (χ1) is 20.4. The Morgan fingerprint density at radius 2 is 1.74 bits per heavy atom. The van der Waals surface area contributed by atoms with Gasteiger partial charge in [-0.3, -0.25) is 10.1 Å². The fraction of sp³-hybridized carbons (Fsp3) is 0.548. The minimum atomic E-state index is -2.09. The molecular formula is C31H45N3O9. The number of carbonyl (C=O) groups excluding carboxylic acids is 2. The third kappa shape index (κ3) is 9.03. The molecule has 8 N–H and O–H groups in total. The molecule has 0 aromatic heterocycles. The van der Waals surface area contributed by atoms with Crippen LogP contribution in [0.4, 0.5) is 0 Å². The molecule has 3 rings (SSSR count). The minimum Gasteiger partial charge on any atom is -0.465 e. The summed E-state index contributed by atoms with van der Waals surface area (Å²) in [7, 11) is 1.14. The van der Waals surface area contributed by atoms with Crippen molar-refractivity contribution in [3.8, 4) is 11.1 Å². The molecule has 0 aliphatic carbocycles. The SMILES string of the molecule is COC(=O)C1(OCCCCCN)CC(O)C(NC(C)=O)C(C(O)C(O)CNC(C)(O)c2ccc(-c3ccccc3)cc2)O1. The summed E-state index contributed by atoms with van der Waals surface area (Å²) in [6.45, 7) is 2.99. The number of nitrogens with one attached hydrogen (secondary N) is 2. The van der Waals surface area contributed by atoms with Crippen molar-refractivity contribution >= 4 is 11.9 Å². The van der Waals surface area contributed by atoms with Gasteiger partial charge in [0.05, 0.1) is 32.0 Å². The predicted octanol–water partition coefficient (Wildman–Crippen LogP) is 0.499. The summed E-state index contributed by atoms with van der Waals surface area (Å²) in [5.41, 5.74) is 6.44. The maximum absolute atomic E-state index is 12.9. The normalized spacial score (nSPS) is 24.9. The summed E-state index contributed by atoms with van der Waals surface area (Å²) in [4.78, 5) is 24.8. The smallest absolute Gasteiger partial charge is 0.366 e. The maximum Gasteiger partial charge on any atom is 0.366 e. The Morgan fingerprint density at radius 3 is 2.35 bits per heavy atom. The highest BCUT2D eigenvalue weighted by Gasteiger charge is 2.56. The molecule has 2 aromatic rings. The molecule has 1 saturated heterocycles. The molecule has 0 saturated carbocycles. The fourth-order valence-electron chi connectivity index (χ4n) is 5.12. The molecular weight excluding hydrogens is 558 g/mol. The Hall–Kier alpha value is -2.94. The van der Waals surface area contributed by atoms with E-state index >= 15 is 0 Å². The van der Waals surface area contributed by atoms with Crippen molar-refractivity contribution in [2.24, 2.45) is 5.73 Å². The molecule has 7 unspecified atom stereocenters. The summed E-state index contributed by atoms with van der Waals surface area (Å²) in [5, 5.41) is 49.7. The number of benzene rings is 2. The molecule has 1 aliphatic rings. The van der Waals surface area contributed by atoms with Gasteiger partial charge in [-0.25, -0.2) is 4.79 Å². The summed E-state index contributed by atoms with van der Waals surface area (Å²) in [6.07, 6.45) is -4.53. The van der Waals surface area contributed by atoms with Gasteiger partial charge < -0.3 is 45.7 Å². The molecule has 7 atom stereocenters. The maximum atomic E-state index is 12.9.